The fourth-order valence-electron chi connectivity index (χ4n) is 3.06. The first-order valence-corrected chi connectivity index (χ1v) is 8.79. The summed E-state index contributed by atoms with van der Waals surface area (Å²) in [5, 5.41) is 0.425. The smallest absolute Gasteiger partial charge is 0.157 e. The van der Waals surface area contributed by atoms with Crippen molar-refractivity contribution in [2.24, 2.45) is 0 Å². The van der Waals surface area contributed by atoms with Gasteiger partial charge in [0.2, 0.25) is 0 Å². The predicted molar refractivity (Wildman–Crippen MR) is 90.5 cm³/mol. The minimum absolute atomic E-state index is 0.0619. The standard InChI is InChI=1S/C17H18ClNO2S/c18-15-8-6-14(7-9-15)16-11-19(12-17(16)22(20)21)10-13-4-2-1-3-5-13/h1-9,16-17H,10-12H2,(H,20,21)/t16-,17+/m0/s1. The van der Waals surface area contributed by atoms with Gasteiger partial charge in [0.25, 0.3) is 0 Å². The van der Waals surface area contributed by atoms with E-state index in [1.807, 2.05) is 42.5 Å². The summed E-state index contributed by atoms with van der Waals surface area (Å²) in [6, 6.07) is 17.8. The van der Waals surface area contributed by atoms with Crippen LogP contribution >= 0.6 is 11.6 Å². The highest BCUT2D eigenvalue weighted by Crippen LogP contribution is 2.32. The molecule has 0 aliphatic carbocycles. The molecule has 2 aromatic rings. The average molecular weight is 336 g/mol. The van der Waals surface area contributed by atoms with Crippen molar-refractivity contribution in [1.29, 1.82) is 0 Å². The quantitative estimate of drug-likeness (QED) is 0.869. The Morgan fingerprint density at radius 2 is 1.77 bits per heavy atom. The van der Waals surface area contributed by atoms with Crippen LogP contribution in [-0.2, 0) is 17.6 Å². The van der Waals surface area contributed by atoms with Crippen LogP contribution in [0.15, 0.2) is 54.6 Å². The average Bonchev–Trinajstić information content (AvgIpc) is 2.93. The molecule has 22 heavy (non-hydrogen) atoms. The second-order valence-electron chi connectivity index (χ2n) is 5.65. The van der Waals surface area contributed by atoms with Gasteiger partial charge in [-0.15, -0.1) is 0 Å². The molecule has 1 saturated heterocycles. The van der Waals surface area contributed by atoms with Gasteiger partial charge in [-0.2, -0.15) is 0 Å². The topological polar surface area (TPSA) is 40.5 Å². The number of benzene rings is 2. The highest BCUT2D eigenvalue weighted by atomic mass is 35.5. The summed E-state index contributed by atoms with van der Waals surface area (Å²) in [5.41, 5.74) is 2.30. The van der Waals surface area contributed by atoms with Gasteiger partial charge in [0.05, 0.1) is 5.25 Å². The van der Waals surface area contributed by atoms with Crippen molar-refractivity contribution < 1.29 is 8.76 Å². The van der Waals surface area contributed by atoms with Crippen LogP contribution in [0.4, 0.5) is 0 Å². The van der Waals surface area contributed by atoms with E-state index in [1.54, 1.807) is 0 Å². The monoisotopic (exact) mass is 335 g/mol. The van der Waals surface area contributed by atoms with Gasteiger partial charge >= 0.3 is 0 Å². The van der Waals surface area contributed by atoms with E-state index < -0.39 is 11.1 Å². The van der Waals surface area contributed by atoms with Gasteiger partial charge in [-0.25, -0.2) is 4.21 Å². The minimum atomic E-state index is -1.83. The Balaban J connectivity index is 1.77. The first kappa shape index (κ1) is 15.7. The molecule has 3 nitrogen and oxygen atoms in total. The third-order valence-corrected chi connectivity index (χ3v) is 5.40. The second-order valence-corrected chi connectivity index (χ2v) is 7.25. The van der Waals surface area contributed by atoms with Crippen molar-refractivity contribution in [3.63, 3.8) is 0 Å². The molecule has 0 aromatic heterocycles. The van der Waals surface area contributed by atoms with E-state index in [-0.39, 0.29) is 11.2 Å². The number of hydrogen-bond donors (Lipinski definition) is 1. The molecule has 116 valence electrons. The van der Waals surface area contributed by atoms with E-state index in [9.17, 15) is 8.76 Å². The lowest BCUT2D eigenvalue weighted by molar-refractivity contribution is 0.326. The maximum absolute atomic E-state index is 11.7. The molecule has 1 aliphatic rings. The summed E-state index contributed by atoms with van der Waals surface area (Å²) in [5.74, 6) is 0.0619. The number of halogens is 1. The van der Waals surface area contributed by atoms with Crippen LogP contribution < -0.4 is 0 Å². The molecule has 0 saturated carbocycles. The molecule has 1 unspecified atom stereocenters. The summed E-state index contributed by atoms with van der Waals surface area (Å²) in [6.07, 6.45) is 0. The molecule has 0 bridgehead atoms. The number of hydrogen-bond acceptors (Lipinski definition) is 2. The van der Waals surface area contributed by atoms with Gasteiger partial charge in [0.15, 0.2) is 11.1 Å². The summed E-state index contributed by atoms with van der Waals surface area (Å²) in [4.78, 5) is 2.24. The number of likely N-dealkylation sites (tertiary alicyclic amines) is 1. The second kappa shape index (κ2) is 6.92. The van der Waals surface area contributed by atoms with Crippen molar-refractivity contribution in [3.05, 3.63) is 70.7 Å². The Bertz CT molecular complexity index is 647. The molecule has 5 heteroatoms. The van der Waals surface area contributed by atoms with Gasteiger partial charge < -0.3 is 4.55 Å². The third kappa shape index (κ3) is 3.58. The Hall–Kier alpha value is -1.20. The fourth-order valence-corrected chi connectivity index (χ4v) is 4.05. The van der Waals surface area contributed by atoms with E-state index in [0.29, 0.717) is 11.6 Å². The molecule has 1 N–H and O–H groups in total. The minimum Gasteiger partial charge on any atom is -0.306 e. The molecular formula is C17H18ClNO2S. The third-order valence-electron chi connectivity index (χ3n) is 4.15. The van der Waals surface area contributed by atoms with Crippen LogP contribution in [0.1, 0.15) is 17.0 Å². The largest absolute Gasteiger partial charge is 0.306 e. The van der Waals surface area contributed by atoms with Crippen LogP contribution in [0, 0.1) is 0 Å². The van der Waals surface area contributed by atoms with E-state index >= 15 is 0 Å². The molecule has 0 spiro atoms. The van der Waals surface area contributed by atoms with E-state index in [1.165, 1.54) is 5.56 Å². The van der Waals surface area contributed by atoms with E-state index in [4.69, 9.17) is 11.6 Å². The molecule has 1 aliphatic heterocycles. The summed E-state index contributed by atoms with van der Waals surface area (Å²) < 4.78 is 21.4. The lowest BCUT2D eigenvalue weighted by atomic mass is 9.98. The van der Waals surface area contributed by atoms with Crippen molar-refractivity contribution >= 4 is 22.7 Å². The molecule has 2 aromatic carbocycles. The van der Waals surface area contributed by atoms with Crippen molar-refractivity contribution in [2.45, 2.75) is 17.7 Å². The fraction of sp³-hybridized carbons (Fsp3) is 0.294. The van der Waals surface area contributed by atoms with Crippen molar-refractivity contribution in [3.8, 4) is 0 Å². The van der Waals surface area contributed by atoms with E-state index in [2.05, 4.69) is 17.0 Å². The predicted octanol–water partition coefficient (Wildman–Crippen LogP) is 3.53. The Labute approximate surface area is 138 Å². The van der Waals surface area contributed by atoms with Gasteiger partial charge in [0, 0.05) is 30.6 Å². The molecule has 3 rings (SSSR count). The molecule has 3 atom stereocenters. The normalized spacial score (nSPS) is 23.5. The van der Waals surface area contributed by atoms with Crippen LogP contribution in [0.25, 0.3) is 0 Å². The summed E-state index contributed by atoms with van der Waals surface area (Å²) in [6.45, 7) is 2.22. The first-order chi connectivity index (χ1) is 10.6. The van der Waals surface area contributed by atoms with Gasteiger partial charge in [-0.1, -0.05) is 54.1 Å². The SMILES string of the molecule is O=S(O)[C@@H]1CN(Cc2ccccc2)C[C@H]1c1ccc(Cl)cc1. The zero-order valence-electron chi connectivity index (χ0n) is 12.1. The maximum atomic E-state index is 11.7. The van der Waals surface area contributed by atoms with Crippen LogP contribution in [0.2, 0.25) is 5.02 Å². The maximum Gasteiger partial charge on any atom is 0.157 e. The zero-order valence-corrected chi connectivity index (χ0v) is 13.6. The molecule has 0 amide bonds. The van der Waals surface area contributed by atoms with Crippen molar-refractivity contribution in [1.82, 2.24) is 4.90 Å². The van der Waals surface area contributed by atoms with Crippen LogP contribution in [0.5, 0.6) is 0 Å². The molecule has 0 radical (unpaired) electrons. The summed E-state index contributed by atoms with van der Waals surface area (Å²) >= 11 is 4.10. The Morgan fingerprint density at radius 3 is 2.41 bits per heavy atom. The molecular weight excluding hydrogens is 318 g/mol. The highest BCUT2D eigenvalue weighted by Gasteiger charge is 2.37. The van der Waals surface area contributed by atoms with Gasteiger partial charge in [0.1, 0.15) is 0 Å². The lowest BCUT2D eigenvalue weighted by Gasteiger charge is -2.16. The Kier molecular flexibility index (Phi) is 4.93. The first-order valence-electron chi connectivity index (χ1n) is 7.25. The van der Waals surface area contributed by atoms with Crippen molar-refractivity contribution in [2.75, 3.05) is 13.1 Å². The highest BCUT2D eigenvalue weighted by molar-refractivity contribution is 7.80. The Morgan fingerprint density at radius 1 is 1.09 bits per heavy atom. The van der Waals surface area contributed by atoms with Gasteiger partial charge in [-0.3, -0.25) is 4.90 Å². The van der Waals surface area contributed by atoms with Gasteiger partial charge in [-0.05, 0) is 23.3 Å². The molecule has 1 heterocycles. The summed E-state index contributed by atoms with van der Waals surface area (Å²) in [7, 11) is 0. The van der Waals surface area contributed by atoms with E-state index in [0.717, 1.165) is 18.7 Å². The number of rotatable bonds is 4. The molecule has 1 fully saturated rings. The zero-order chi connectivity index (χ0) is 15.5. The number of nitrogens with zero attached hydrogens (tertiary/aromatic N) is 1. The van der Waals surface area contributed by atoms with Crippen LogP contribution in [0.3, 0.4) is 0 Å². The van der Waals surface area contributed by atoms with Crippen LogP contribution in [-0.4, -0.2) is 32.0 Å². The lowest BCUT2D eigenvalue weighted by Crippen LogP contribution is -2.24.